The van der Waals surface area contributed by atoms with Gasteiger partial charge in [-0.25, -0.2) is 9.97 Å². The Kier molecular flexibility index (Phi) is 4.63. The van der Waals surface area contributed by atoms with Crippen LogP contribution in [-0.2, 0) is 0 Å². The number of H-pyrrole nitrogens is 1. The Hall–Kier alpha value is -3.87. The van der Waals surface area contributed by atoms with Crippen LogP contribution in [-0.4, -0.2) is 35.0 Å². The molecule has 0 fully saturated rings. The summed E-state index contributed by atoms with van der Waals surface area (Å²) >= 11 is 0. The van der Waals surface area contributed by atoms with Gasteiger partial charge in [0.2, 0.25) is 0 Å². The van der Waals surface area contributed by atoms with Crippen LogP contribution in [0.4, 0.5) is 11.5 Å². The first-order chi connectivity index (χ1) is 13.7. The van der Waals surface area contributed by atoms with Crippen LogP contribution in [0, 0.1) is 0 Å². The molecule has 0 atom stereocenters. The van der Waals surface area contributed by atoms with E-state index in [0.717, 1.165) is 22.3 Å². The highest BCUT2D eigenvalue weighted by molar-refractivity contribution is 6.05. The molecule has 3 N–H and O–H groups in total. The van der Waals surface area contributed by atoms with E-state index in [9.17, 15) is 4.79 Å². The molecule has 0 saturated heterocycles. The third kappa shape index (κ3) is 3.37. The second-order valence-corrected chi connectivity index (χ2v) is 6.15. The smallest absolute Gasteiger partial charge is 0.256 e. The number of nitrogens with zero attached hydrogens (tertiary/aromatic N) is 2. The van der Waals surface area contributed by atoms with Gasteiger partial charge < -0.3 is 20.4 Å². The molecule has 0 aliphatic carbocycles. The fourth-order valence-corrected chi connectivity index (χ4v) is 2.95. The lowest BCUT2D eigenvalue weighted by molar-refractivity contribution is 0.102. The number of nitrogens with one attached hydrogen (secondary N) is 3. The van der Waals surface area contributed by atoms with Gasteiger partial charge in [-0.1, -0.05) is 6.07 Å². The maximum absolute atomic E-state index is 12.5. The van der Waals surface area contributed by atoms with Crippen LogP contribution in [0.2, 0.25) is 0 Å². The molecular weight excluding hydrogens is 354 g/mol. The topological polar surface area (TPSA) is 91.9 Å². The summed E-state index contributed by atoms with van der Waals surface area (Å²) in [6.07, 6.45) is 1.63. The zero-order valence-corrected chi connectivity index (χ0v) is 15.5. The van der Waals surface area contributed by atoms with Crippen molar-refractivity contribution in [2.24, 2.45) is 0 Å². The van der Waals surface area contributed by atoms with E-state index in [0.29, 0.717) is 23.0 Å². The number of pyridine rings is 1. The van der Waals surface area contributed by atoms with Crippen LogP contribution in [0.15, 0.2) is 60.8 Å². The molecule has 0 aliphatic heterocycles. The molecule has 7 heteroatoms. The largest absolute Gasteiger partial charge is 0.496 e. The number of ether oxygens (including phenoxy) is 1. The summed E-state index contributed by atoms with van der Waals surface area (Å²) in [7, 11) is 3.48. The Morgan fingerprint density at radius 1 is 1.11 bits per heavy atom. The molecule has 0 saturated carbocycles. The number of fused-ring (bicyclic) bond motifs is 1. The molecule has 1 amide bonds. The van der Waals surface area contributed by atoms with E-state index in [1.54, 1.807) is 37.6 Å². The average Bonchev–Trinajstić information content (AvgIpc) is 3.17. The van der Waals surface area contributed by atoms with Gasteiger partial charge in [0.05, 0.1) is 23.7 Å². The number of aromatic nitrogens is 3. The normalized spacial score (nSPS) is 10.6. The first-order valence-corrected chi connectivity index (χ1v) is 8.76. The molecule has 2 aromatic heterocycles. The highest BCUT2D eigenvalue weighted by Crippen LogP contribution is 2.32. The van der Waals surface area contributed by atoms with Crippen LogP contribution in [0.5, 0.6) is 5.75 Å². The van der Waals surface area contributed by atoms with Crippen molar-refractivity contribution in [2.75, 3.05) is 24.8 Å². The van der Waals surface area contributed by atoms with E-state index in [2.05, 4.69) is 25.6 Å². The van der Waals surface area contributed by atoms with Crippen molar-refractivity contribution in [1.82, 2.24) is 15.0 Å². The third-order valence-electron chi connectivity index (χ3n) is 4.40. The van der Waals surface area contributed by atoms with Crippen molar-refractivity contribution in [1.29, 1.82) is 0 Å². The summed E-state index contributed by atoms with van der Waals surface area (Å²) in [6.45, 7) is 0. The number of carbonyl (C=O) groups is 1. The van der Waals surface area contributed by atoms with Crippen molar-refractivity contribution in [3.8, 4) is 17.1 Å². The number of aromatic amines is 1. The maximum Gasteiger partial charge on any atom is 0.256 e. The van der Waals surface area contributed by atoms with Crippen molar-refractivity contribution in [3.05, 3.63) is 66.4 Å². The van der Waals surface area contributed by atoms with Gasteiger partial charge in [0.1, 0.15) is 17.4 Å². The monoisotopic (exact) mass is 373 g/mol. The lowest BCUT2D eigenvalue weighted by atomic mass is 10.1. The second kappa shape index (κ2) is 7.40. The molecule has 0 bridgehead atoms. The van der Waals surface area contributed by atoms with Crippen LogP contribution < -0.4 is 15.4 Å². The van der Waals surface area contributed by atoms with E-state index in [4.69, 9.17) is 4.74 Å². The minimum Gasteiger partial charge on any atom is -0.496 e. The van der Waals surface area contributed by atoms with E-state index < -0.39 is 0 Å². The molecule has 140 valence electrons. The fraction of sp³-hybridized carbons (Fsp3) is 0.0952. The number of methoxy groups -OCH3 is 1. The second-order valence-electron chi connectivity index (χ2n) is 6.15. The zero-order chi connectivity index (χ0) is 19.5. The minimum atomic E-state index is -0.229. The summed E-state index contributed by atoms with van der Waals surface area (Å²) in [4.78, 5) is 24.5. The number of rotatable bonds is 5. The number of amides is 1. The van der Waals surface area contributed by atoms with E-state index in [1.807, 2.05) is 37.4 Å². The molecular formula is C21H19N5O2. The van der Waals surface area contributed by atoms with Gasteiger partial charge in [0.15, 0.2) is 0 Å². The number of hydrogen-bond donors (Lipinski definition) is 3. The van der Waals surface area contributed by atoms with Crippen molar-refractivity contribution in [2.45, 2.75) is 0 Å². The first kappa shape index (κ1) is 17.5. The Morgan fingerprint density at radius 3 is 2.75 bits per heavy atom. The Bertz CT molecular complexity index is 1140. The number of imidazole rings is 1. The minimum absolute atomic E-state index is 0.229. The molecule has 2 heterocycles. The van der Waals surface area contributed by atoms with Gasteiger partial charge in [-0.15, -0.1) is 0 Å². The average molecular weight is 373 g/mol. The molecule has 0 aliphatic rings. The third-order valence-corrected chi connectivity index (χ3v) is 4.40. The van der Waals surface area contributed by atoms with Crippen LogP contribution in [0.25, 0.3) is 22.4 Å². The number of benzene rings is 2. The molecule has 0 radical (unpaired) electrons. The summed E-state index contributed by atoms with van der Waals surface area (Å²) < 4.78 is 5.50. The predicted octanol–water partition coefficient (Wildman–Crippen LogP) is 3.93. The van der Waals surface area contributed by atoms with Crippen LogP contribution in [0.3, 0.4) is 0 Å². The van der Waals surface area contributed by atoms with Crippen molar-refractivity contribution < 1.29 is 9.53 Å². The summed E-state index contributed by atoms with van der Waals surface area (Å²) in [5.41, 5.74) is 3.85. The Labute approximate surface area is 161 Å². The number of carbonyl (C=O) groups excluding carboxylic acids is 1. The van der Waals surface area contributed by atoms with Gasteiger partial charge in [-0.2, -0.15) is 0 Å². The molecule has 0 unspecified atom stereocenters. The summed E-state index contributed by atoms with van der Waals surface area (Å²) in [6, 6.07) is 16.5. The highest BCUT2D eigenvalue weighted by atomic mass is 16.5. The van der Waals surface area contributed by atoms with Gasteiger partial charge in [0, 0.05) is 30.6 Å². The Morgan fingerprint density at radius 2 is 2.00 bits per heavy atom. The number of anilines is 2. The summed E-state index contributed by atoms with van der Waals surface area (Å²) in [5, 5.41) is 5.87. The van der Waals surface area contributed by atoms with E-state index in [-0.39, 0.29) is 5.91 Å². The Balaban J connectivity index is 1.66. The summed E-state index contributed by atoms with van der Waals surface area (Å²) in [5.74, 6) is 1.66. The fourth-order valence-electron chi connectivity index (χ4n) is 2.95. The van der Waals surface area contributed by atoms with Gasteiger partial charge in [-0.3, -0.25) is 4.79 Å². The molecule has 4 rings (SSSR count). The van der Waals surface area contributed by atoms with Crippen molar-refractivity contribution >= 4 is 28.4 Å². The molecule has 28 heavy (non-hydrogen) atoms. The molecule has 0 spiro atoms. The maximum atomic E-state index is 12.5. The molecule has 7 nitrogen and oxygen atoms in total. The predicted molar refractivity (Wildman–Crippen MR) is 110 cm³/mol. The van der Waals surface area contributed by atoms with Gasteiger partial charge >= 0.3 is 0 Å². The van der Waals surface area contributed by atoms with E-state index in [1.165, 1.54) is 0 Å². The van der Waals surface area contributed by atoms with Crippen molar-refractivity contribution in [3.63, 3.8) is 0 Å². The highest BCUT2D eigenvalue weighted by Gasteiger charge is 2.13. The van der Waals surface area contributed by atoms with Crippen LogP contribution >= 0.6 is 0 Å². The standard InChI is InChI=1S/C21H19N5O2/c1-22-14-7-8-15(18(12-14)28-2)20-24-16-9-6-13(11-17(16)25-20)21(27)26-19-5-3-4-10-23-19/h3-12,22H,1-2H3,(H,24,25)(H,23,26,27). The molecule has 2 aromatic carbocycles. The zero-order valence-electron chi connectivity index (χ0n) is 15.5. The van der Waals surface area contributed by atoms with Crippen LogP contribution in [0.1, 0.15) is 10.4 Å². The quantitative estimate of drug-likeness (QED) is 0.493. The molecule has 4 aromatic rings. The lowest BCUT2D eigenvalue weighted by Crippen LogP contribution is -2.12. The lowest BCUT2D eigenvalue weighted by Gasteiger charge is -2.08. The first-order valence-electron chi connectivity index (χ1n) is 8.76. The van der Waals surface area contributed by atoms with E-state index >= 15 is 0 Å². The van der Waals surface area contributed by atoms with Gasteiger partial charge in [-0.05, 0) is 42.5 Å². The van der Waals surface area contributed by atoms with Gasteiger partial charge in [0.25, 0.3) is 5.91 Å². The SMILES string of the molecule is CNc1ccc(-c2nc3ccc(C(=O)Nc4ccccn4)cc3[nH]2)c(OC)c1. The number of hydrogen-bond acceptors (Lipinski definition) is 5.